The van der Waals surface area contributed by atoms with Crippen molar-refractivity contribution in [3.63, 3.8) is 0 Å². The largest absolute Gasteiger partial charge is 0.345 e. The minimum Gasteiger partial charge on any atom is -0.345 e. The van der Waals surface area contributed by atoms with Gasteiger partial charge in [0.05, 0.1) is 22.2 Å². The number of hydrogen-bond acceptors (Lipinski definition) is 4. The third kappa shape index (κ3) is 4.93. The van der Waals surface area contributed by atoms with E-state index in [2.05, 4.69) is 10.0 Å². The molecule has 0 aliphatic heterocycles. The molecule has 6 nitrogen and oxygen atoms in total. The first-order valence-corrected chi connectivity index (χ1v) is 10.8. The van der Waals surface area contributed by atoms with E-state index in [4.69, 9.17) is 0 Å². The third-order valence-electron chi connectivity index (χ3n) is 4.61. The minimum absolute atomic E-state index is 0.0527. The van der Waals surface area contributed by atoms with Gasteiger partial charge in [-0.3, -0.25) is 14.3 Å². The topological polar surface area (TPSA) is 92.3 Å². The smallest absolute Gasteiger partial charge is 0.261 e. The second kappa shape index (κ2) is 8.92. The molecule has 3 rings (SSSR count). The molecule has 0 saturated heterocycles. The predicted molar refractivity (Wildman–Crippen MR) is 116 cm³/mol. The van der Waals surface area contributed by atoms with Crippen molar-refractivity contribution in [3.8, 4) is 0 Å². The minimum atomic E-state index is -3.99. The summed E-state index contributed by atoms with van der Waals surface area (Å²) in [5.74, 6) is -0.635. The summed E-state index contributed by atoms with van der Waals surface area (Å²) >= 11 is 0. The molecule has 1 atom stereocenters. The van der Waals surface area contributed by atoms with Crippen molar-refractivity contribution in [2.75, 3.05) is 4.72 Å². The summed E-state index contributed by atoms with van der Waals surface area (Å²) in [6.45, 7) is 3.22. The summed E-state index contributed by atoms with van der Waals surface area (Å²) in [6.07, 6.45) is 0. The van der Waals surface area contributed by atoms with Gasteiger partial charge in [0.1, 0.15) is 0 Å². The molecule has 0 spiro atoms. The highest BCUT2D eigenvalue weighted by Gasteiger charge is 2.20. The van der Waals surface area contributed by atoms with Gasteiger partial charge < -0.3 is 5.32 Å². The van der Waals surface area contributed by atoms with E-state index in [0.29, 0.717) is 5.56 Å². The quantitative estimate of drug-likeness (QED) is 0.559. The average Bonchev–Trinajstić information content (AvgIpc) is 2.74. The van der Waals surface area contributed by atoms with Crippen molar-refractivity contribution >= 4 is 27.4 Å². The van der Waals surface area contributed by atoms with Gasteiger partial charge in [0, 0.05) is 5.56 Å². The Kier molecular flexibility index (Phi) is 6.32. The van der Waals surface area contributed by atoms with Gasteiger partial charge in [-0.05, 0) is 43.7 Å². The Balaban J connectivity index is 1.85. The number of sulfonamides is 1. The number of ketones is 1. The summed E-state index contributed by atoms with van der Waals surface area (Å²) in [7, 11) is -3.99. The first-order chi connectivity index (χ1) is 14.3. The molecule has 3 aromatic carbocycles. The van der Waals surface area contributed by atoms with E-state index >= 15 is 0 Å². The zero-order chi connectivity index (χ0) is 21.7. The highest BCUT2D eigenvalue weighted by atomic mass is 32.2. The van der Waals surface area contributed by atoms with Crippen LogP contribution in [0.5, 0.6) is 0 Å². The number of para-hydroxylation sites is 1. The second-order valence-electron chi connectivity index (χ2n) is 6.84. The Morgan fingerprint density at radius 3 is 2.23 bits per heavy atom. The van der Waals surface area contributed by atoms with Crippen molar-refractivity contribution < 1.29 is 18.0 Å². The predicted octanol–water partition coefficient (Wildman–Crippen LogP) is 4.18. The maximum atomic E-state index is 12.8. The van der Waals surface area contributed by atoms with Gasteiger partial charge in [0.25, 0.3) is 15.9 Å². The van der Waals surface area contributed by atoms with Crippen LogP contribution in [0.25, 0.3) is 0 Å². The van der Waals surface area contributed by atoms with Gasteiger partial charge in [-0.25, -0.2) is 8.42 Å². The normalized spacial score (nSPS) is 12.1. The number of carbonyl (C=O) groups is 2. The van der Waals surface area contributed by atoms with Crippen molar-refractivity contribution in [2.24, 2.45) is 0 Å². The van der Waals surface area contributed by atoms with Crippen LogP contribution < -0.4 is 10.0 Å². The van der Waals surface area contributed by atoms with Gasteiger partial charge in [-0.2, -0.15) is 0 Å². The molecule has 0 aliphatic carbocycles. The second-order valence-corrected chi connectivity index (χ2v) is 8.52. The van der Waals surface area contributed by atoms with Crippen LogP contribution in [0, 0.1) is 0 Å². The van der Waals surface area contributed by atoms with Crippen LogP contribution in [0.3, 0.4) is 0 Å². The third-order valence-corrected chi connectivity index (χ3v) is 5.98. The number of hydrogen-bond donors (Lipinski definition) is 2. The van der Waals surface area contributed by atoms with E-state index in [0.717, 1.165) is 5.56 Å². The number of amides is 1. The zero-order valence-electron chi connectivity index (χ0n) is 16.6. The van der Waals surface area contributed by atoms with Crippen molar-refractivity contribution in [3.05, 3.63) is 95.6 Å². The molecule has 154 valence electrons. The van der Waals surface area contributed by atoms with Crippen LogP contribution in [0.4, 0.5) is 5.69 Å². The summed E-state index contributed by atoms with van der Waals surface area (Å²) in [5.41, 5.74) is 1.58. The molecule has 0 saturated carbocycles. The van der Waals surface area contributed by atoms with Crippen LogP contribution in [0.2, 0.25) is 0 Å². The van der Waals surface area contributed by atoms with Crippen LogP contribution in [-0.2, 0) is 10.0 Å². The first-order valence-electron chi connectivity index (χ1n) is 9.36. The van der Waals surface area contributed by atoms with E-state index < -0.39 is 15.9 Å². The Morgan fingerprint density at radius 1 is 0.867 bits per heavy atom. The SMILES string of the molecule is CC(=O)c1cccc(S(=O)(=O)Nc2ccccc2C(=O)NC(C)c2ccccc2)c1. The Morgan fingerprint density at radius 2 is 1.53 bits per heavy atom. The van der Waals surface area contributed by atoms with E-state index in [1.807, 2.05) is 37.3 Å². The van der Waals surface area contributed by atoms with Crippen LogP contribution in [-0.4, -0.2) is 20.1 Å². The highest BCUT2D eigenvalue weighted by Crippen LogP contribution is 2.22. The molecule has 30 heavy (non-hydrogen) atoms. The zero-order valence-corrected chi connectivity index (χ0v) is 17.4. The summed E-state index contributed by atoms with van der Waals surface area (Å²) in [6, 6.07) is 21.4. The lowest BCUT2D eigenvalue weighted by Crippen LogP contribution is -2.28. The Labute approximate surface area is 176 Å². The standard InChI is InChI=1S/C23H22N2O4S/c1-16(18-9-4-3-5-10-18)24-23(27)21-13-6-7-14-22(21)25-30(28,29)20-12-8-11-19(15-20)17(2)26/h3-16,25H,1-2H3,(H,24,27). The molecule has 0 aromatic heterocycles. The number of anilines is 1. The molecule has 2 N–H and O–H groups in total. The van der Waals surface area contributed by atoms with Gasteiger partial charge in [0.2, 0.25) is 0 Å². The fourth-order valence-corrected chi connectivity index (χ4v) is 4.08. The van der Waals surface area contributed by atoms with Crippen LogP contribution >= 0.6 is 0 Å². The molecular formula is C23H22N2O4S. The van der Waals surface area contributed by atoms with Gasteiger partial charge in [0.15, 0.2) is 5.78 Å². The fraction of sp³-hybridized carbons (Fsp3) is 0.130. The number of benzene rings is 3. The molecular weight excluding hydrogens is 400 g/mol. The van der Waals surface area contributed by atoms with Crippen LogP contribution in [0.15, 0.2) is 83.8 Å². The summed E-state index contributed by atoms with van der Waals surface area (Å²) < 4.78 is 28.1. The lowest BCUT2D eigenvalue weighted by Gasteiger charge is -2.17. The van der Waals surface area contributed by atoms with E-state index in [1.54, 1.807) is 24.3 Å². The number of nitrogens with one attached hydrogen (secondary N) is 2. The molecule has 7 heteroatoms. The summed E-state index contributed by atoms with van der Waals surface area (Å²) in [5, 5.41) is 2.88. The van der Waals surface area contributed by atoms with Gasteiger partial charge >= 0.3 is 0 Å². The first kappa shape index (κ1) is 21.3. The van der Waals surface area contributed by atoms with Crippen LogP contribution in [0.1, 0.15) is 46.2 Å². The van der Waals surface area contributed by atoms with Crippen molar-refractivity contribution in [1.82, 2.24) is 5.32 Å². The van der Waals surface area contributed by atoms with Gasteiger partial charge in [-0.1, -0.05) is 54.6 Å². The fourth-order valence-electron chi connectivity index (χ4n) is 2.96. The number of Topliss-reactive ketones (excluding diaryl/α,β-unsaturated/α-hetero) is 1. The molecule has 0 radical (unpaired) electrons. The lowest BCUT2D eigenvalue weighted by atomic mass is 10.1. The summed E-state index contributed by atoms with van der Waals surface area (Å²) in [4.78, 5) is 24.3. The Hall–Kier alpha value is -3.45. The molecule has 0 heterocycles. The van der Waals surface area contributed by atoms with E-state index in [9.17, 15) is 18.0 Å². The molecule has 0 fully saturated rings. The molecule has 1 unspecified atom stereocenters. The maximum Gasteiger partial charge on any atom is 0.261 e. The molecule has 3 aromatic rings. The molecule has 1 amide bonds. The average molecular weight is 423 g/mol. The van der Waals surface area contributed by atoms with Crippen molar-refractivity contribution in [2.45, 2.75) is 24.8 Å². The van der Waals surface area contributed by atoms with Gasteiger partial charge in [-0.15, -0.1) is 0 Å². The highest BCUT2D eigenvalue weighted by molar-refractivity contribution is 7.92. The number of rotatable bonds is 7. The molecule has 0 bridgehead atoms. The maximum absolute atomic E-state index is 12.8. The number of carbonyl (C=O) groups excluding carboxylic acids is 2. The monoisotopic (exact) mass is 422 g/mol. The lowest BCUT2D eigenvalue weighted by molar-refractivity contribution is 0.0940. The van der Waals surface area contributed by atoms with E-state index in [-0.39, 0.29) is 28.0 Å². The van der Waals surface area contributed by atoms with Crippen molar-refractivity contribution in [1.29, 1.82) is 0 Å². The molecule has 0 aliphatic rings. The van der Waals surface area contributed by atoms with E-state index in [1.165, 1.54) is 31.2 Å². The Bertz CT molecular complexity index is 1170.